The molecule has 1 aromatic rings. The van der Waals surface area contributed by atoms with Crippen molar-refractivity contribution in [3.05, 3.63) is 50.9 Å². The van der Waals surface area contributed by atoms with Crippen LogP contribution in [0.1, 0.15) is 35.4 Å². The van der Waals surface area contributed by atoms with Gasteiger partial charge < -0.3 is 5.11 Å². The minimum atomic E-state index is -5.62. The summed E-state index contributed by atoms with van der Waals surface area (Å²) < 4.78 is 92.9. The summed E-state index contributed by atoms with van der Waals surface area (Å²) >= 11 is 2.09. The number of aryl methyl sites for hydroxylation is 1. The molecule has 198 valence electrons. The molecule has 2 heterocycles. The summed E-state index contributed by atoms with van der Waals surface area (Å²) in [6.07, 6.45) is -7.38. The number of anilines is 1. The highest BCUT2D eigenvalue weighted by Gasteiger charge is 2.56. The van der Waals surface area contributed by atoms with Crippen LogP contribution < -0.4 is 10.4 Å². The number of nitrogens with one attached hydrogen (secondary N) is 1. The van der Waals surface area contributed by atoms with Crippen LogP contribution >= 0.6 is 23.1 Å². The Morgan fingerprint density at radius 3 is 2.33 bits per heavy atom. The van der Waals surface area contributed by atoms with Crippen LogP contribution in [0.5, 0.6) is 0 Å². The maximum absolute atomic E-state index is 13.1. The number of thioether (sulfide) groups is 1. The van der Waals surface area contributed by atoms with Crippen LogP contribution in [-0.4, -0.2) is 40.9 Å². The Kier molecular flexibility index (Phi) is 8.37. The number of rotatable bonds is 10. The predicted molar refractivity (Wildman–Crippen MR) is 127 cm³/mol. The van der Waals surface area contributed by atoms with Crippen molar-refractivity contribution in [2.45, 2.75) is 60.9 Å². The van der Waals surface area contributed by atoms with E-state index in [1.165, 1.54) is 12.1 Å². The summed E-state index contributed by atoms with van der Waals surface area (Å²) in [5.41, 5.74) is 0.494. The van der Waals surface area contributed by atoms with E-state index < -0.39 is 47.3 Å². The fourth-order valence-corrected chi connectivity index (χ4v) is 6.70. The third-order valence-electron chi connectivity index (χ3n) is 5.23. The van der Waals surface area contributed by atoms with Gasteiger partial charge in [-0.15, -0.1) is 23.1 Å². The number of aliphatic hydroxyl groups excluding tert-OH is 1. The van der Waals surface area contributed by atoms with Gasteiger partial charge in [-0.3, -0.25) is 9.29 Å². The smallest absolute Gasteiger partial charge is 0.391 e. The van der Waals surface area contributed by atoms with E-state index in [1.807, 2.05) is 0 Å². The van der Waals surface area contributed by atoms with Gasteiger partial charge in [-0.05, 0) is 44.6 Å². The molecule has 0 aliphatic carbocycles. The van der Waals surface area contributed by atoms with Crippen molar-refractivity contribution in [2.75, 3.05) is 10.5 Å². The highest BCUT2D eigenvalue weighted by atomic mass is 32.2. The molecule has 3 rings (SSSR count). The van der Waals surface area contributed by atoms with Crippen LogP contribution in [-0.2, 0) is 16.6 Å². The molecule has 2 N–H and O–H groups in total. The summed E-state index contributed by atoms with van der Waals surface area (Å²) in [6, 6.07) is 5.97. The second kappa shape index (κ2) is 10.6. The maximum atomic E-state index is 13.1. The Morgan fingerprint density at radius 1 is 1.11 bits per heavy atom. The molecule has 0 spiro atoms. The summed E-state index contributed by atoms with van der Waals surface area (Å²) in [4.78, 5) is 16.8. The topological polar surface area (TPSA) is 101 Å². The molecule has 2 aliphatic heterocycles. The van der Waals surface area contributed by atoms with Gasteiger partial charge in [-0.1, -0.05) is 17.7 Å². The van der Waals surface area contributed by atoms with Gasteiger partial charge in [0.25, 0.3) is 10.0 Å². The standard InChI is InChI=1S/C21H22F5N3O4S3/c1-12-5-7-14(8-6-12)36(32,33)28-17-16-18(34-10-4-3-9-20(22,23)21(24,25)26)35-15(11-30)13(2)29(16)19(31)27-17/h5-8,30H,3-4,9-11H2,1-2H3,(H,27,28,31). The highest BCUT2D eigenvalue weighted by molar-refractivity contribution is 8.01. The van der Waals surface area contributed by atoms with Crippen molar-refractivity contribution in [3.63, 3.8) is 0 Å². The largest absolute Gasteiger partial charge is 0.453 e. The first-order valence-electron chi connectivity index (χ1n) is 10.5. The summed E-state index contributed by atoms with van der Waals surface area (Å²) in [7, 11) is -4.12. The van der Waals surface area contributed by atoms with Crippen LogP contribution in [0.3, 0.4) is 0 Å². The molecule has 0 unspecified atom stereocenters. The lowest BCUT2D eigenvalue weighted by molar-refractivity contribution is -0.284. The molecular formula is C21H22F5N3O4S3. The molecule has 36 heavy (non-hydrogen) atoms. The van der Waals surface area contributed by atoms with Crippen molar-refractivity contribution in [1.29, 1.82) is 0 Å². The monoisotopic (exact) mass is 571 g/mol. The zero-order valence-electron chi connectivity index (χ0n) is 19.0. The number of hydrogen-bond acceptors (Lipinski definition) is 7. The predicted octanol–water partition coefficient (Wildman–Crippen LogP) is 5.10. The van der Waals surface area contributed by atoms with E-state index in [0.717, 1.165) is 33.2 Å². The zero-order chi connectivity index (χ0) is 26.9. The van der Waals surface area contributed by atoms with E-state index in [-0.39, 0.29) is 28.6 Å². The number of sulfonamides is 1. The lowest BCUT2D eigenvalue weighted by Gasteiger charge is -2.19. The number of alkyl halides is 5. The molecule has 7 nitrogen and oxygen atoms in total. The number of aliphatic hydroxyl groups is 1. The molecule has 0 fully saturated rings. The number of nitrogens with zero attached hydrogens (tertiary/aromatic N) is 2. The molecule has 0 bridgehead atoms. The normalized spacial score (nSPS) is 12.9. The minimum absolute atomic E-state index is 0.000345. The molecule has 0 aromatic heterocycles. The third-order valence-corrected chi connectivity index (χ3v) is 9.19. The van der Waals surface area contributed by atoms with Crippen molar-refractivity contribution in [2.24, 2.45) is 0 Å². The van der Waals surface area contributed by atoms with Gasteiger partial charge in [0.1, 0.15) is 5.69 Å². The minimum Gasteiger partial charge on any atom is -0.391 e. The molecular weight excluding hydrogens is 549 g/mol. The van der Waals surface area contributed by atoms with Gasteiger partial charge in [-0.25, -0.2) is 13.2 Å². The van der Waals surface area contributed by atoms with E-state index in [1.54, 1.807) is 26.0 Å². The first-order chi connectivity index (χ1) is 16.7. The van der Waals surface area contributed by atoms with E-state index in [4.69, 9.17) is 0 Å². The fourth-order valence-electron chi connectivity index (χ4n) is 3.23. The number of unbranched alkanes of at least 4 members (excludes halogenated alkanes) is 1. The second-order valence-corrected chi connectivity index (χ2v) is 12.1. The quantitative estimate of drug-likeness (QED) is 0.200. The van der Waals surface area contributed by atoms with Gasteiger partial charge in [0.2, 0.25) is 0 Å². The molecule has 0 saturated carbocycles. The molecule has 2 aliphatic rings. The number of hydrogen-bond donors (Lipinski definition) is 2. The van der Waals surface area contributed by atoms with E-state index in [9.17, 15) is 40.3 Å². The lowest BCUT2D eigenvalue weighted by Crippen LogP contribution is -2.36. The molecule has 0 radical (unpaired) electrons. The highest BCUT2D eigenvalue weighted by Crippen LogP contribution is 2.41. The Morgan fingerprint density at radius 2 is 1.75 bits per heavy atom. The van der Waals surface area contributed by atoms with Crippen LogP contribution in [0.4, 0.5) is 27.8 Å². The number of imidazole rings is 1. The van der Waals surface area contributed by atoms with E-state index in [2.05, 4.69) is 9.71 Å². The Hall–Kier alpha value is -2.23. The zero-order valence-corrected chi connectivity index (χ0v) is 21.5. The second-order valence-electron chi connectivity index (χ2n) is 7.91. The summed E-state index contributed by atoms with van der Waals surface area (Å²) in [5, 5.41) is 9.70. The lowest BCUT2D eigenvalue weighted by atomic mass is 10.1. The first kappa shape index (κ1) is 28.3. The van der Waals surface area contributed by atoms with Gasteiger partial charge in [0.15, 0.2) is 5.82 Å². The van der Waals surface area contributed by atoms with Crippen LogP contribution in [0.25, 0.3) is 5.69 Å². The SMILES string of the molecule is Cc1ccc(S(=O)(=O)Nc2nc(=O)n3c(C)c(CO)sc(SCCCCC(F)(F)C(F)(F)F)c2-3)cc1. The molecule has 0 saturated heterocycles. The Balaban J connectivity index is 1.89. The summed E-state index contributed by atoms with van der Waals surface area (Å²) in [6.45, 7) is 2.90. The van der Waals surface area contributed by atoms with Crippen molar-refractivity contribution in [1.82, 2.24) is 9.55 Å². The molecule has 0 amide bonds. The number of halogens is 5. The molecule has 1 aromatic carbocycles. The first-order valence-corrected chi connectivity index (χ1v) is 13.8. The van der Waals surface area contributed by atoms with Gasteiger partial charge in [0, 0.05) is 12.1 Å². The van der Waals surface area contributed by atoms with Crippen molar-refractivity contribution >= 4 is 38.9 Å². The average molecular weight is 572 g/mol. The number of benzene rings is 1. The fraction of sp³-hybridized carbons (Fsp3) is 0.429. The third kappa shape index (κ3) is 6.01. The van der Waals surface area contributed by atoms with Crippen molar-refractivity contribution < 1.29 is 35.5 Å². The van der Waals surface area contributed by atoms with E-state index >= 15 is 0 Å². The van der Waals surface area contributed by atoms with Crippen LogP contribution in [0.2, 0.25) is 0 Å². The molecule has 15 heteroatoms. The van der Waals surface area contributed by atoms with Crippen LogP contribution in [0, 0.1) is 13.8 Å². The number of fused-ring (bicyclic) bond motifs is 1. The summed E-state index contributed by atoms with van der Waals surface area (Å²) in [5.74, 6) is -4.93. The average Bonchev–Trinajstić information content (AvgIpc) is 3.10. The number of aromatic nitrogens is 2. The van der Waals surface area contributed by atoms with Gasteiger partial charge >= 0.3 is 17.8 Å². The Labute approximate surface area is 211 Å². The maximum Gasteiger partial charge on any atom is 0.453 e. The molecule has 0 atom stereocenters. The van der Waals surface area contributed by atoms with Gasteiger partial charge in [0.05, 0.1) is 20.6 Å². The van der Waals surface area contributed by atoms with Gasteiger partial charge in [-0.2, -0.15) is 26.9 Å². The Bertz CT molecular complexity index is 1350. The van der Waals surface area contributed by atoms with Crippen LogP contribution in [0.15, 0.2) is 38.2 Å². The van der Waals surface area contributed by atoms with E-state index in [0.29, 0.717) is 14.8 Å². The van der Waals surface area contributed by atoms with Crippen molar-refractivity contribution in [3.8, 4) is 5.69 Å².